The van der Waals surface area contributed by atoms with E-state index in [1.54, 1.807) is 0 Å². The van der Waals surface area contributed by atoms with Crippen LogP contribution in [-0.4, -0.2) is 34.6 Å². The first-order chi connectivity index (χ1) is 16.3. The molecule has 2 heterocycles. The highest BCUT2D eigenvalue weighted by molar-refractivity contribution is 5.23. The van der Waals surface area contributed by atoms with Crippen LogP contribution < -0.4 is 15.6 Å². The van der Waals surface area contributed by atoms with Gasteiger partial charge in [-0.2, -0.15) is 0 Å². The van der Waals surface area contributed by atoms with Gasteiger partial charge in [0.1, 0.15) is 12.5 Å². The molecular weight excluding hydrogens is 452 g/mol. The van der Waals surface area contributed by atoms with Crippen LogP contribution in [0.25, 0.3) is 0 Å². The van der Waals surface area contributed by atoms with E-state index < -0.39 is 23.4 Å². The lowest BCUT2D eigenvalue weighted by molar-refractivity contribution is 0.0879. The third kappa shape index (κ3) is 9.18. The second-order valence-corrected chi connectivity index (χ2v) is 11.1. The van der Waals surface area contributed by atoms with E-state index in [9.17, 15) is 24.9 Å². The number of methoxy groups -OCH3 is 1. The first-order valence-corrected chi connectivity index (χ1v) is 12.1. The molecule has 0 fully saturated rings. The maximum Gasteiger partial charge on any atom is 0.229 e. The molecule has 2 aromatic rings. The third-order valence-corrected chi connectivity index (χ3v) is 6.51. The number of hydrogen-bond acceptors (Lipinski definition) is 8. The molecule has 0 saturated carbocycles. The summed E-state index contributed by atoms with van der Waals surface area (Å²) in [7, 11) is 1.43. The van der Waals surface area contributed by atoms with Gasteiger partial charge in [0.15, 0.2) is 5.75 Å². The fraction of sp³-hybridized carbons (Fsp3) is 0.630. The number of aromatic hydroxyl groups is 1. The van der Waals surface area contributed by atoms with Crippen molar-refractivity contribution in [3.63, 3.8) is 0 Å². The van der Waals surface area contributed by atoms with Gasteiger partial charge in [-0.15, -0.1) is 0 Å². The van der Waals surface area contributed by atoms with Gasteiger partial charge < -0.3 is 28.9 Å². The molecule has 8 heteroatoms. The van der Waals surface area contributed by atoms with Crippen LogP contribution in [0.2, 0.25) is 0 Å². The van der Waals surface area contributed by atoms with Crippen molar-refractivity contribution in [3.05, 3.63) is 56.6 Å². The predicted molar refractivity (Wildman–Crippen MR) is 133 cm³/mol. The summed E-state index contributed by atoms with van der Waals surface area (Å²) in [5, 5.41) is 30.4. The number of hydrogen-bond donors (Lipinski definition) is 3. The van der Waals surface area contributed by atoms with Crippen molar-refractivity contribution in [1.29, 1.82) is 0 Å². The van der Waals surface area contributed by atoms with Crippen LogP contribution in [0.4, 0.5) is 0 Å². The summed E-state index contributed by atoms with van der Waals surface area (Å²) in [4.78, 5) is 24.4. The molecule has 2 rings (SSSR count). The average Bonchev–Trinajstić information content (AvgIpc) is 2.79. The maximum absolute atomic E-state index is 12.4. The molecular formula is C27H40O8. The second kappa shape index (κ2) is 12.4. The fourth-order valence-electron chi connectivity index (χ4n) is 4.28. The SMILES string of the molecule is COc1cocc(CC(C)(C)CCC(O)CCC(O)CCC(C)(C)Cc2cocc(O)c2=O)c1=O. The van der Waals surface area contributed by atoms with Gasteiger partial charge in [0.05, 0.1) is 31.8 Å². The lowest BCUT2D eigenvalue weighted by Gasteiger charge is -2.27. The Bertz CT molecular complexity index is 1050. The van der Waals surface area contributed by atoms with Crippen LogP contribution in [0.15, 0.2) is 43.5 Å². The van der Waals surface area contributed by atoms with E-state index >= 15 is 0 Å². The van der Waals surface area contributed by atoms with Gasteiger partial charge in [-0.1, -0.05) is 27.7 Å². The predicted octanol–water partition coefficient (Wildman–Crippen LogP) is 4.21. The normalized spacial score (nSPS) is 14.0. The van der Waals surface area contributed by atoms with Crippen molar-refractivity contribution in [3.8, 4) is 11.5 Å². The van der Waals surface area contributed by atoms with Gasteiger partial charge in [0.2, 0.25) is 16.6 Å². The van der Waals surface area contributed by atoms with Crippen LogP contribution in [0.5, 0.6) is 11.5 Å². The summed E-state index contributed by atoms with van der Waals surface area (Å²) >= 11 is 0. The maximum atomic E-state index is 12.4. The molecule has 0 aliphatic rings. The molecule has 2 unspecified atom stereocenters. The van der Waals surface area contributed by atoms with E-state index in [1.807, 2.05) is 27.7 Å². The molecule has 0 saturated heterocycles. The Morgan fingerprint density at radius 1 is 0.771 bits per heavy atom. The van der Waals surface area contributed by atoms with Crippen molar-refractivity contribution < 1.29 is 28.9 Å². The second-order valence-electron chi connectivity index (χ2n) is 11.1. The summed E-state index contributed by atoms with van der Waals surface area (Å²) in [6.07, 6.45) is 8.41. The fourth-order valence-corrected chi connectivity index (χ4v) is 4.28. The van der Waals surface area contributed by atoms with E-state index in [0.717, 1.165) is 6.26 Å². The minimum absolute atomic E-state index is 0.177. The summed E-state index contributed by atoms with van der Waals surface area (Å²) in [5.74, 6) is -0.219. The minimum atomic E-state index is -0.557. The Balaban J connectivity index is 1.76. The van der Waals surface area contributed by atoms with Crippen molar-refractivity contribution in [1.82, 2.24) is 0 Å². The van der Waals surface area contributed by atoms with Crippen LogP contribution in [0.3, 0.4) is 0 Å². The quantitative estimate of drug-likeness (QED) is 0.358. The van der Waals surface area contributed by atoms with Crippen LogP contribution in [0.1, 0.15) is 77.3 Å². The van der Waals surface area contributed by atoms with Crippen molar-refractivity contribution in [2.75, 3.05) is 7.11 Å². The number of aliphatic hydroxyl groups is 2. The summed E-state index contributed by atoms with van der Waals surface area (Å²) in [6.45, 7) is 8.09. The third-order valence-electron chi connectivity index (χ3n) is 6.51. The summed E-state index contributed by atoms with van der Waals surface area (Å²) in [6, 6.07) is 0. The Labute approximate surface area is 206 Å². The van der Waals surface area contributed by atoms with Crippen LogP contribution in [-0.2, 0) is 12.8 Å². The molecule has 2 atom stereocenters. The van der Waals surface area contributed by atoms with Gasteiger partial charge in [0, 0.05) is 11.1 Å². The largest absolute Gasteiger partial charge is 0.502 e. The first kappa shape index (κ1) is 28.7. The molecule has 196 valence electrons. The summed E-state index contributed by atoms with van der Waals surface area (Å²) in [5.41, 5.74) is -0.131. The van der Waals surface area contributed by atoms with Gasteiger partial charge in [-0.3, -0.25) is 9.59 Å². The average molecular weight is 493 g/mol. The molecule has 2 aromatic heterocycles. The number of ether oxygens (including phenoxy) is 1. The van der Waals surface area contributed by atoms with E-state index in [0.29, 0.717) is 62.5 Å². The van der Waals surface area contributed by atoms with Crippen molar-refractivity contribution >= 4 is 0 Å². The van der Waals surface area contributed by atoms with Gasteiger partial charge in [-0.25, -0.2) is 0 Å². The molecule has 0 aromatic carbocycles. The summed E-state index contributed by atoms with van der Waals surface area (Å²) < 4.78 is 15.2. The first-order valence-electron chi connectivity index (χ1n) is 12.1. The van der Waals surface area contributed by atoms with Crippen molar-refractivity contribution in [2.45, 2.75) is 91.3 Å². The molecule has 3 N–H and O–H groups in total. The van der Waals surface area contributed by atoms with Crippen LogP contribution in [0, 0.1) is 10.8 Å². The molecule has 0 amide bonds. The highest BCUT2D eigenvalue weighted by Gasteiger charge is 2.25. The lowest BCUT2D eigenvalue weighted by Crippen LogP contribution is -2.24. The molecule has 35 heavy (non-hydrogen) atoms. The Hall–Kier alpha value is -2.58. The molecule has 0 spiro atoms. The smallest absolute Gasteiger partial charge is 0.229 e. The van der Waals surface area contributed by atoms with Gasteiger partial charge in [0.25, 0.3) is 0 Å². The van der Waals surface area contributed by atoms with E-state index in [4.69, 9.17) is 13.6 Å². The molecule has 8 nitrogen and oxygen atoms in total. The zero-order valence-electron chi connectivity index (χ0n) is 21.5. The number of rotatable bonds is 14. The Morgan fingerprint density at radius 2 is 1.23 bits per heavy atom. The van der Waals surface area contributed by atoms with E-state index in [2.05, 4.69) is 0 Å². The number of aliphatic hydroxyl groups excluding tert-OH is 2. The Morgan fingerprint density at radius 3 is 1.71 bits per heavy atom. The van der Waals surface area contributed by atoms with E-state index in [-0.39, 0.29) is 22.0 Å². The molecule has 0 aliphatic heterocycles. The minimum Gasteiger partial charge on any atom is -0.502 e. The molecule has 0 radical (unpaired) electrons. The Kier molecular flexibility index (Phi) is 10.2. The van der Waals surface area contributed by atoms with Crippen molar-refractivity contribution in [2.24, 2.45) is 10.8 Å². The highest BCUT2D eigenvalue weighted by atomic mass is 16.5. The highest BCUT2D eigenvalue weighted by Crippen LogP contribution is 2.30. The lowest BCUT2D eigenvalue weighted by atomic mass is 9.80. The standard InChI is InChI=1S/C27H40O8/c1-26(2,12-18-14-34-16-22(30)24(18)31)10-8-20(28)6-7-21(29)9-11-27(3,4)13-19-15-35-17-23(33-5)25(19)32/h14-17,20-21,28-30H,6-13H2,1-5H3. The van der Waals surface area contributed by atoms with E-state index in [1.165, 1.54) is 25.9 Å². The van der Waals surface area contributed by atoms with Gasteiger partial charge >= 0.3 is 0 Å². The topological polar surface area (TPSA) is 130 Å². The zero-order chi connectivity index (χ0) is 26.2. The molecule has 0 bridgehead atoms. The van der Waals surface area contributed by atoms with Crippen LogP contribution >= 0.6 is 0 Å². The van der Waals surface area contributed by atoms with Gasteiger partial charge in [-0.05, 0) is 62.2 Å². The molecule has 0 aliphatic carbocycles. The monoisotopic (exact) mass is 492 g/mol. The zero-order valence-corrected chi connectivity index (χ0v) is 21.5.